The minimum atomic E-state index is -1.56. The number of nitrogen functional groups attached to an aromatic ring is 2. The van der Waals surface area contributed by atoms with Gasteiger partial charge in [-0.05, 0) is 6.07 Å². The molecule has 0 bridgehead atoms. The number of aliphatic carboxylic acids is 1. The predicted octanol–water partition coefficient (Wildman–Crippen LogP) is -3.91. The van der Waals surface area contributed by atoms with Crippen molar-refractivity contribution in [3.05, 3.63) is 32.9 Å². The number of rotatable bonds is 6. The smallest absolute Gasteiger partial charge is 0.543 e. The Morgan fingerprint density at radius 3 is 2.71 bits per heavy atom. The molecule has 0 aliphatic carbocycles. The fourth-order valence-electron chi connectivity index (χ4n) is 3.05. The van der Waals surface area contributed by atoms with E-state index in [4.69, 9.17) is 23.1 Å². The summed E-state index contributed by atoms with van der Waals surface area (Å²) in [5.74, 6) is -2.80. The molecule has 0 saturated carbocycles. The summed E-state index contributed by atoms with van der Waals surface area (Å²) >= 11 is 9.00. The number of fused-ring (bicyclic) bond motifs is 1. The molecule has 6 N–H and O–H groups in total. The van der Waals surface area contributed by atoms with Gasteiger partial charge in [0, 0.05) is 16.9 Å². The summed E-state index contributed by atoms with van der Waals surface area (Å²) in [5, 5.41) is 26.0. The molecule has 13 nitrogen and oxygen atoms in total. The van der Waals surface area contributed by atoms with Crippen molar-refractivity contribution in [3.8, 4) is 0 Å². The van der Waals surface area contributed by atoms with Gasteiger partial charge in [0.25, 0.3) is 11.8 Å². The van der Waals surface area contributed by atoms with Crippen LogP contribution in [0.4, 0.5) is 10.9 Å². The third kappa shape index (κ3) is 4.98. The van der Waals surface area contributed by atoms with E-state index < -0.39 is 34.9 Å². The summed E-state index contributed by atoms with van der Waals surface area (Å²) in [6, 6.07) is 0.395. The number of amides is 2. The van der Waals surface area contributed by atoms with Crippen LogP contribution in [-0.2, 0) is 14.4 Å². The van der Waals surface area contributed by atoms with E-state index in [9.17, 15) is 24.7 Å². The molecular formula is C16H12ClN8NaO5S3. The number of anilines is 2. The Morgan fingerprint density at radius 1 is 1.38 bits per heavy atom. The van der Waals surface area contributed by atoms with Crippen LogP contribution in [-0.4, -0.2) is 65.7 Å². The molecular weight excluding hydrogens is 539 g/mol. The normalized spacial score (nSPS) is 19.7. The number of thiazole rings is 1. The maximum Gasteiger partial charge on any atom is 1.00 e. The first-order valence-corrected chi connectivity index (χ1v) is 11.9. The largest absolute Gasteiger partial charge is 1.00 e. The summed E-state index contributed by atoms with van der Waals surface area (Å²) in [6.45, 7) is 0. The number of aromatic nitrogens is 3. The van der Waals surface area contributed by atoms with Crippen LogP contribution in [0.2, 0.25) is 4.34 Å². The number of β-lactam (4-membered cyclic amide) rings is 1. The van der Waals surface area contributed by atoms with Gasteiger partial charge in [-0.1, -0.05) is 39.9 Å². The maximum atomic E-state index is 12.8. The molecule has 18 heteroatoms. The molecule has 2 aromatic heterocycles. The summed E-state index contributed by atoms with van der Waals surface area (Å²) < 4.78 is 0.0247. The first kappa shape index (κ1) is 26.5. The van der Waals surface area contributed by atoms with Crippen LogP contribution >= 0.6 is 46.5 Å². The molecule has 4 rings (SSSR count). The summed E-state index contributed by atoms with van der Waals surface area (Å²) in [5.41, 5.74) is 10.2. The van der Waals surface area contributed by atoms with Gasteiger partial charge in [-0.2, -0.15) is 0 Å². The van der Waals surface area contributed by atoms with Crippen molar-refractivity contribution in [3.63, 3.8) is 0 Å². The molecule has 0 aromatic carbocycles. The van der Waals surface area contributed by atoms with Crippen molar-refractivity contribution in [2.75, 3.05) is 17.2 Å². The van der Waals surface area contributed by atoms with Gasteiger partial charge in [-0.15, -0.1) is 11.8 Å². The average Bonchev–Trinajstić information content (AvgIpc) is 3.09. The van der Waals surface area contributed by atoms with Crippen molar-refractivity contribution in [1.82, 2.24) is 25.2 Å². The number of hydrogen-bond acceptors (Lipinski definition) is 14. The zero-order valence-electron chi connectivity index (χ0n) is 17.1. The second-order valence-electron chi connectivity index (χ2n) is 6.41. The topological polar surface area (TPSA) is 213 Å². The van der Waals surface area contributed by atoms with E-state index >= 15 is 0 Å². The first-order valence-electron chi connectivity index (χ1n) is 8.82. The molecule has 2 aromatic rings. The first-order chi connectivity index (χ1) is 15.7. The van der Waals surface area contributed by atoms with Gasteiger partial charge in [0.2, 0.25) is 0 Å². The van der Waals surface area contributed by atoms with Gasteiger partial charge in [-0.25, -0.2) is 15.0 Å². The van der Waals surface area contributed by atoms with E-state index in [0.29, 0.717) is 4.91 Å². The number of carbonyl (C=O) groups is 3. The van der Waals surface area contributed by atoms with Gasteiger partial charge in [-0.3, -0.25) is 14.5 Å². The summed E-state index contributed by atoms with van der Waals surface area (Å²) in [4.78, 5) is 50.4. The number of halogens is 1. The molecule has 2 atom stereocenters. The second kappa shape index (κ2) is 10.7. The Balaban J connectivity index is 0.00000324. The van der Waals surface area contributed by atoms with Gasteiger partial charge in [0.1, 0.15) is 27.3 Å². The van der Waals surface area contributed by atoms with Crippen LogP contribution in [0.25, 0.3) is 0 Å². The minimum absolute atomic E-state index is 0. The predicted molar refractivity (Wildman–Crippen MR) is 119 cm³/mol. The molecule has 1 unspecified atom stereocenters. The molecule has 34 heavy (non-hydrogen) atoms. The molecule has 1 saturated heterocycles. The van der Waals surface area contributed by atoms with Gasteiger partial charge in [0.05, 0.1) is 11.7 Å². The number of hydrogen-bond donors (Lipinski definition) is 4. The summed E-state index contributed by atoms with van der Waals surface area (Å²) in [7, 11) is 0. The SMILES string of the molecule is Nc1ccnc(SC2=C(C(=O)[O-])N3C(=O)C(NC(=O)/C(=N\O)c4nc(N)sc4Cl)[C@H]3SC2)n1.[Na+]. The Labute approximate surface area is 230 Å². The summed E-state index contributed by atoms with van der Waals surface area (Å²) in [6.07, 6.45) is 1.42. The van der Waals surface area contributed by atoms with Crippen LogP contribution in [0.1, 0.15) is 5.69 Å². The van der Waals surface area contributed by atoms with Crippen molar-refractivity contribution in [1.29, 1.82) is 0 Å². The van der Waals surface area contributed by atoms with Crippen molar-refractivity contribution < 1.29 is 54.3 Å². The van der Waals surface area contributed by atoms with Crippen LogP contribution in [0.5, 0.6) is 0 Å². The number of nitrogens with zero attached hydrogens (tertiary/aromatic N) is 5. The number of carboxylic acid groups (broad SMARTS) is 1. The van der Waals surface area contributed by atoms with E-state index in [1.54, 1.807) is 0 Å². The quantitative estimate of drug-likeness (QED) is 0.0678. The van der Waals surface area contributed by atoms with Crippen LogP contribution in [0, 0.1) is 0 Å². The number of nitrogens with two attached hydrogens (primary N) is 2. The Hall–Kier alpha value is -2.08. The van der Waals surface area contributed by atoms with Crippen LogP contribution in [0.15, 0.2) is 33.2 Å². The monoisotopic (exact) mass is 550 g/mol. The van der Waals surface area contributed by atoms with Gasteiger partial charge in [0.15, 0.2) is 16.0 Å². The minimum Gasteiger partial charge on any atom is -0.543 e. The Bertz CT molecular complexity index is 1240. The number of oxime groups is 1. The van der Waals surface area contributed by atoms with E-state index in [1.165, 1.54) is 24.0 Å². The number of carbonyl (C=O) groups excluding carboxylic acids is 3. The van der Waals surface area contributed by atoms with Gasteiger partial charge >= 0.3 is 29.6 Å². The third-order valence-corrected chi connectivity index (χ3v) is 7.93. The standard InChI is InChI=1S/C16H13ClN8O5S3.Na/c17-10-6(23-15(19)33-10)7(24-30)11(26)22-8-12(27)25-9(14(28)29)4(3-31-13(8)25)32-16-20-2-1-5(18)21-16;/h1-2,8,13,30H,3H2,(H2,19,23)(H,22,26)(H,28,29)(H2,18,20,21);/q;+1/p-1/b24-7-;/t8?,13-;/m1./s1. The zero-order valence-corrected chi connectivity index (χ0v) is 22.3. The van der Waals surface area contributed by atoms with E-state index in [1.807, 2.05) is 0 Å². The fourth-order valence-corrected chi connectivity index (χ4v) is 6.37. The van der Waals surface area contributed by atoms with E-state index in [2.05, 4.69) is 25.4 Å². The molecule has 172 valence electrons. The Morgan fingerprint density at radius 2 is 2.12 bits per heavy atom. The Kier molecular flexibility index (Phi) is 8.33. The van der Waals surface area contributed by atoms with Crippen LogP contribution < -0.4 is 51.4 Å². The van der Waals surface area contributed by atoms with Crippen molar-refractivity contribution in [2.24, 2.45) is 5.16 Å². The second-order valence-corrected chi connectivity index (χ2v) is 10.2. The molecule has 0 radical (unpaired) electrons. The van der Waals surface area contributed by atoms with Crippen LogP contribution in [0.3, 0.4) is 0 Å². The average molecular weight is 551 g/mol. The number of nitrogens with one attached hydrogen (secondary N) is 1. The zero-order chi connectivity index (χ0) is 23.9. The van der Waals surface area contributed by atoms with Crippen molar-refractivity contribution in [2.45, 2.75) is 16.6 Å². The molecule has 2 aliphatic heterocycles. The maximum absolute atomic E-state index is 12.8. The van der Waals surface area contributed by atoms with Crippen molar-refractivity contribution >= 4 is 80.9 Å². The molecule has 0 spiro atoms. The number of thioether (sulfide) groups is 2. The van der Waals surface area contributed by atoms with Gasteiger partial charge < -0.3 is 31.9 Å². The molecule has 2 aliphatic rings. The fraction of sp³-hybridized carbons (Fsp3) is 0.188. The van der Waals surface area contributed by atoms with E-state index in [-0.39, 0.29) is 67.1 Å². The third-order valence-electron chi connectivity index (χ3n) is 4.42. The molecule has 2 amide bonds. The number of carboxylic acids is 1. The molecule has 1 fully saturated rings. The van der Waals surface area contributed by atoms with E-state index in [0.717, 1.165) is 28.0 Å². The molecule has 4 heterocycles.